The third kappa shape index (κ3) is 6.62. The third-order valence-corrected chi connectivity index (χ3v) is 2.91. The van der Waals surface area contributed by atoms with Crippen molar-refractivity contribution in [3.05, 3.63) is 35.9 Å². The second-order valence-corrected chi connectivity index (χ2v) is 5.12. The fourth-order valence-electron chi connectivity index (χ4n) is 1.99. The van der Waals surface area contributed by atoms with E-state index in [4.69, 9.17) is 0 Å². The van der Waals surface area contributed by atoms with Crippen LogP contribution in [0.25, 0.3) is 0 Å². The first-order valence-corrected chi connectivity index (χ1v) is 6.22. The Bertz CT molecular complexity index is 253. The number of benzene rings is 1. The monoisotopic (exact) mass is 222 g/mol. The van der Waals surface area contributed by atoms with Gasteiger partial charge in [0.2, 0.25) is 0 Å². The summed E-state index contributed by atoms with van der Waals surface area (Å²) in [4.78, 5) is 0. The second kappa shape index (κ2) is 8.35. The standard InChI is InChI=1S/C15H24.H2O/c1-13(2)8-7-9-14(3)12-15-10-5-4-6-11-15;/h4-6,10-11,13-14H,7-9,12H2,1-3H3;1H2. The average Bonchev–Trinajstić information content (AvgIpc) is 2.18. The van der Waals surface area contributed by atoms with Crippen molar-refractivity contribution >= 4 is 0 Å². The van der Waals surface area contributed by atoms with E-state index in [-0.39, 0.29) is 5.48 Å². The van der Waals surface area contributed by atoms with Crippen molar-refractivity contribution in [1.82, 2.24) is 0 Å². The average molecular weight is 222 g/mol. The predicted molar refractivity (Wildman–Crippen MR) is 71.6 cm³/mol. The highest BCUT2D eigenvalue weighted by Crippen LogP contribution is 2.16. The van der Waals surface area contributed by atoms with Gasteiger partial charge < -0.3 is 5.48 Å². The topological polar surface area (TPSA) is 31.5 Å². The zero-order chi connectivity index (χ0) is 11.1. The number of rotatable bonds is 6. The molecule has 92 valence electrons. The Morgan fingerprint density at radius 1 is 0.938 bits per heavy atom. The maximum Gasteiger partial charge on any atom is -0.0253 e. The maximum absolute atomic E-state index is 2.37. The Hall–Kier alpha value is -0.820. The Morgan fingerprint density at radius 3 is 2.12 bits per heavy atom. The van der Waals surface area contributed by atoms with Crippen molar-refractivity contribution in [3.63, 3.8) is 0 Å². The zero-order valence-electron chi connectivity index (χ0n) is 10.9. The summed E-state index contributed by atoms with van der Waals surface area (Å²) in [6.45, 7) is 6.98. The van der Waals surface area contributed by atoms with Crippen LogP contribution in [0.3, 0.4) is 0 Å². The fraction of sp³-hybridized carbons (Fsp3) is 0.600. The van der Waals surface area contributed by atoms with Gasteiger partial charge in [0.25, 0.3) is 0 Å². The molecule has 0 aliphatic carbocycles. The summed E-state index contributed by atoms with van der Waals surface area (Å²) in [5.41, 5.74) is 1.48. The van der Waals surface area contributed by atoms with E-state index in [0.717, 1.165) is 11.8 Å². The summed E-state index contributed by atoms with van der Waals surface area (Å²) in [6.07, 6.45) is 5.36. The molecule has 1 aromatic rings. The minimum atomic E-state index is 0. The molecule has 0 aliphatic heterocycles. The molecular formula is C15H26O. The first kappa shape index (κ1) is 15.2. The minimum Gasteiger partial charge on any atom is -0.412 e. The van der Waals surface area contributed by atoms with Crippen molar-refractivity contribution in [2.45, 2.75) is 46.5 Å². The molecule has 0 spiro atoms. The molecule has 0 amide bonds. The molecular weight excluding hydrogens is 196 g/mol. The first-order valence-electron chi connectivity index (χ1n) is 6.22. The van der Waals surface area contributed by atoms with Crippen molar-refractivity contribution in [3.8, 4) is 0 Å². The molecule has 0 aliphatic rings. The van der Waals surface area contributed by atoms with Crippen LogP contribution in [0, 0.1) is 11.8 Å². The lowest BCUT2D eigenvalue weighted by Gasteiger charge is -2.12. The van der Waals surface area contributed by atoms with E-state index in [1.54, 1.807) is 0 Å². The fourth-order valence-corrected chi connectivity index (χ4v) is 1.99. The molecule has 0 aromatic heterocycles. The molecule has 0 heterocycles. The normalized spacial score (nSPS) is 12.2. The van der Waals surface area contributed by atoms with Crippen LogP contribution in [-0.2, 0) is 6.42 Å². The van der Waals surface area contributed by atoms with Crippen molar-refractivity contribution in [2.75, 3.05) is 0 Å². The van der Waals surface area contributed by atoms with Gasteiger partial charge in [-0.3, -0.25) is 0 Å². The van der Waals surface area contributed by atoms with E-state index in [9.17, 15) is 0 Å². The molecule has 16 heavy (non-hydrogen) atoms. The molecule has 1 heteroatoms. The van der Waals surface area contributed by atoms with Gasteiger partial charge >= 0.3 is 0 Å². The first-order chi connectivity index (χ1) is 7.18. The molecule has 1 aromatic carbocycles. The van der Waals surface area contributed by atoms with Gasteiger partial charge in [0, 0.05) is 0 Å². The molecule has 0 saturated heterocycles. The highest BCUT2D eigenvalue weighted by atomic mass is 16.0. The zero-order valence-corrected chi connectivity index (χ0v) is 10.9. The van der Waals surface area contributed by atoms with Crippen molar-refractivity contribution < 1.29 is 5.48 Å². The van der Waals surface area contributed by atoms with Crippen LogP contribution in [0.4, 0.5) is 0 Å². The molecule has 0 radical (unpaired) electrons. The number of hydrogen-bond acceptors (Lipinski definition) is 0. The van der Waals surface area contributed by atoms with Gasteiger partial charge in [-0.1, -0.05) is 70.4 Å². The third-order valence-electron chi connectivity index (χ3n) is 2.91. The summed E-state index contributed by atoms with van der Waals surface area (Å²) in [6, 6.07) is 10.8. The van der Waals surface area contributed by atoms with Gasteiger partial charge in [0.1, 0.15) is 0 Å². The summed E-state index contributed by atoms with van der Waals surface area (Å²) >= 11 is 0. The van der Waals surface area contributed by atoms with E-state index in [1.165, 1.54) is 31.2 Å². The predicted octanol–water partition coefficient (Wildman–Crippen LogP) is 3.87. The lowest BCUT2D eigenvalue weighted by molar-refractivity contribution is 0.456. The van der Waals surface area contributed by atoms with Crippen LogP contribution in [-0.4, -0.2) is 5.48 Å². The molecule has 0 bridgehead atoms. The lowest BCUT2D eigenvalue weighted by atomic mass is 9.94. The quantitative estimate of drug-likeness (QED) is 0.700. The van der Waals surface area contributed by atoms with E-state index in [0.29, 0.717) is 0 Å². The molecule has 0 saturated carbocycles. The Kier molecular flexibility index (Phi) is 7.92. The van der Waals surface area contributed by atoms with Crippen LogP contribution in [0.2, 0.25) is 0 Å². The van der Waals surface area contributed by atoms with Gasteiger partial charge in [-0.2, -0.15) is 0 Å². The molecule has 2 N–H and O–H groups in total. The van der Waals surface area contributed by atoms with Crippen LogP contribution < -0.4 is 0 Å². The summed E-state index contributed by atoms with van der Waals surface area (Å²) in [5, 5.41) is 0. The Labute approximate surface area is 100 Å². The molecule has 0 fully saturated rings. The number of hydrogen-bond donors (Lipinski definition) is 0. The Balaban J connectivity index is 0.00000225. The molecule has 1 unspecified atom stereocenters. The van der Waals surface area contributed by atoms with Crippen LogP contribution in [0.1, 0.15) is 45.6 Å². The largest absolute Gasteiger partial charge is 0.412 e. The summed E-state index contributed by atoms with van der Waals surface area (Å²) in [5.74, 6) is 1.68. The Morgan fingerprint density at radius 2 is 1.56 bits per heavy atom. The SMILES string of the molecule is CC(C)CCCC(C)Cc1ccccc1.O. The van der Waals surface area contributed by atoms with Crippen molar-refractivity contribution in [2.24, 2.45) is 11.8 Å². The molecule has 1 rings (SSSR count). The van der Waals surface area contributed by atoms with Gasteiger partial charge in [-0.15, -0.1) is 0 Å². The van der Waals surface area contributed by atoms with Crippen LogP contribution in [0.5, 0.6) is 0 Å². The summed E-state index contributed by atoms with van der Waals surface area (Å²) < 4.78 is 0. The highest BCUT2D eigenvalue weighted by Gasteiger charge is 2.03. The minimum absolute atomic E-state index is 0. The van der Waals surface area contributed by atoms with E-state index >= 15 is 0 Å². The lowest BCUT2D eigenvalue weighted by Crippen LogP contribution is -2.00. The summed E-state index contributed by atoms with van der Waals surface area (Å²) in [7, 11) is 0. The van der Waals surface area contributed by atoms with Crippen molar-refractivity contribution in [1.29, 1.82) is 0 Å². The molecule has 1 atom stereocenters. The van der Waals surface area contributed by atoms with E-state index in [2.05, 4.69) is 51.1 Å². The van der Waals surface area contributed by atoms with Crippen LogP contribution in [0.15, 0.2) is 30.3 Å². The molecule has 1 nitrogen and oxygen atoms in total. The van der Waals surface area contributed by atoms with Crippen LogP contribution >= 0.6 is 0 Å². The van der Waals surface area contributed by atoms with Gasteiger partial charge in [0.05, 0.1) is 0 Å². The van der Waals surface area contributed by atoms with Gasteiger partial charge in [-0.25, -0.2) is 0 Å². The van der Waals surface area contributed by atoms with Gasteiger partial charge in [0.15, 0.2) is 0 Å². The van der Waals surface area contributed by atoms with E-state index < -0.39 is 0 Å². The van der Waals surface area contributed by atoms with E-state index in [1.807, 2.05) is 0 Å². The highest BCUT2D eigenvalue weighted by molar-refractivity contribution is 5.14. The second-order valence-electron chi connectivity index (χ2n) is 5.12. The maximum atomic E-state index is 2.37. The smallest absolute Gasteiger partial charge is 0.0253 e. The van der Waals surface area contributed by atoms with Gasteiger partial charge in [-0.05, 0) is 23.8 Å².